The van der Waals surface area contributed by atoms with Crippen LogP contribution in [0.5, 0.6) is 0 Å². The fourth-order valence-electron chi connectivity index (χ4n) is 4.57. The van der Waals surface area contributed by atoms with Crippen molar-refractivity contribution in [3.63, 3.8) is 0 Å². The van der Waals surface area contributed by atoms with Crippen molar-refractivity contribution in [3.05, 3.63) is 191 Å². The van der Waals surface area contributed by atoms with Crippen LogP contribution in [0.4, 0.5) is 0 Å². The molecule has 0 aromatic heterocycles. The third-order valence-corrected chi connectivity index (χ3v) is 7.82. The highest BCUT2D eigenvalue weighted by Crippen LogP contribution is 2.17. The Morgan fingerprint density at radius 2 is 0.692 bits per heavy atom. The molecule has 4 rings (SSSR count). The number of aldehydes is 2. The molecule has 4 nitrogen and oxygen atoms in total. The minimum atomic E-state index is -0.442. The van der Waals surface area contributed by atoms with E-state index in [1.165, 1.54) is 0 Å². The Bertz CT molecular complexity index is 1590. The monoisotopic (exact) mass is 696 g/mol. The zero-order valence-electron chi connectivity index (χ0n) is 31.6. The zero-order chi connectivity index (χ0) is 38.7. The van der Waals surface area contributed by atoms with Crippen molar-refractivity contribution >= 4 is 36.9 Å². The number of carbonyl (C=O) groups excluding carboxylic acids is 2. The topological polar surface area (TPSA) is 74.6 Å². The second-order valence-electron chi connectivity index (χ2n) is 12.5. The third kappa shape index (κ3) is 19.1. The maximum atomic E-state index is 10.2. The Kier molecular flexibility index (Phi) is 22.6. The number of allylic oxidation sites excluding steroid dienone is 2. The Morgan fingerprint density at radius 3 is 0.904 bits per heavy atom. The average Bonchev–Trinajstić information content (AvgIpc) is 3.18. The first-order chi connectivity index (χ1) is 24.9. The van der Waals surface area contributed by atoms with Gasteiger partial charge >= 0.3 is 0 Å². The molecule has 52 heavy (non-hydrogen) atoms. The van der Waals surface area contributed by atoms with E-state index < -0.39 is 12.2 Å². The molecule has 4 aromatic rings. The van der Waals surface area contributed by atoms with Crippen molar-refractivity contribution in [2.24, 2.45) is 11.8 Å². The van der Waals surface area contributed by atoms with Crippen LogP contribution in [-0.2, 0) is 9.59 Å². The Morgan fingerprint density at radius 1 is 0.462 bits per heavy atom. The second-order valence-corrected chi connectivity index (χ2v) is 12.5. The molecule has 0 aliphatic heterocycles. The number of aliphatic hydroxyl groups is 2. The number of carbonyl (C=O) groups is 2. The van der Waals surface area contributed by atoms with Gasteiger partial charge in [0.15, 0.2) is 0 Å². The minimum Gasteiger partial charge on any atom is -0.388 e. The lowest BCUT2D eigenvalue weighted by atomic mass is 9.97. The predicted octanol–water partition coefficient (Wildman–Crippen LogP) is 11.1. The molecule has 0 unspecified atom stereocenters. The quantitative estimate of drug-likeness (QED) is 0.0878. The van der Waals surface area contributed by atoms with Crippen LogP contribution in [0.15, 0.2) is 169 Å². The van der Waals surface area contributed by atoms with E-state index in [-0.39, 0.29) is 11.8 Å². The largest absolute Gasteiger partial charge is 0.388 e. The fourth-order valence-corrected chi connectivity index (χ4v) is 4.57. The van der Waals surface area contributed by atoms with Crippen LogP contribution in [0.25, 0.3) is 24.3 Å². The molecule has 0 aliphatic carbocycles. The van der Waals surface area contributed by atoms with Crippen LogP contribution >= 0.6 is 0 Å². The summed E-state index contributed by atoms with van der Waals surface area (Å²) in [5.41, 5.74) is 7.79. The van der Waals surface area contributed by atoms with Crippen molar-refractivity contribution in [1.82, 2.24) is 0 Å². The van der Waals surface area contributed by atoms with E-state index in [0.29, 0.717) is 0 Å². The highest BCUT2D eigenvalue weighted by molar-refractivity contribution is 5.81. The molecule has 0 saturated heterocycles. The van der Waals surface area contributed by atoms with Gasteiger partial charge in [-0.05, 0) is 84.4 Å². The van der Waals surface area contributed by atoms with Crippen LogP contribution in [0.3, 0.4) is 0 Å². The second kappa shape index (κ2) is 26.4. The average molecular weight is 697 g/mol. The van der Waals surface area contributed by atoms with Crippen molar-refractivity contribution in [3.8, 4) is 0 Å². The smallest absolute Gasteiger partial charge is 0.145 e. The molecule has 272 valence electrons. The number of rotatable bonds is 12. The molecule has 4 atom stereocenters. The maximum Gasteiger partial charge on any atom is 0.145 e. The summed E-state index contributed by atoms with van der Waals surface area (Å²) >= 11 is 0. The Hall–Kier alpha value is -5.42. The van der Waals surface area contributed by atoms with Crippen LogP contribution < -0.4 is 0 Å². The van der Waals surface area contributed by atoms with Gasteiger partial charge < -0.3 is 10.2 Å². The van der Waals surface area contributed by atoms with Gasteiger partial charge in [0.05, 0.1) is 12.2 Å². The summed E-state index contributed by atoms with van der Waals surface area (Å²) in [6.07, 6.45) is 12.1. The summed E-state index contributed by atoms with van der Waals surface area (Å²) in [6, 6.07) is 39.6. The molecule has 4 aromatic carbocycles. The van der Waals surface area contributed by atoms with Crippen LogP contribution in [0.2, 0.25) is 0 Å². The SMILES string of the molecule is C/C(C=O)=C\c1ccccc1.C/C(C=O)=C\c1ccccc1.C=C[C@@H](C)[C@@H](O)/C(C)=C/c1ccccc1.C=C[C@H](C)[C@@H](O)/C(C)=C/c1ccccc1. The molecule has 4 heteroatoms. The Balaban J connectivity index is 0.000000350. The lowest BCUT2D eigenvalue weighted by molar-refractivity contribution is -0.105. The molecule has 0 saturated carbocycles. The van der Waals surface area contributed by atoms with Crippen molar-refractivity contribution in [2.45, 2.75) is 53.8 Å². The van der Waals surface area contributed by atoms with E-state index >= 15 is 0 Å². The third-order valence-electron chi connectivity index (χ3n) is 7.82. The summed E-state index contributed by atoms with van der Waals surface area (Å²) in [5, 5.41) is 19.8. The van der Waals surface area contributed by atoms with E-state index in [1.807, 2.05) is 173 Å². The standard InChI is InChI=1S/2C14H18O.2C10H10O/c2*1-4-11(2)14(15)12(3)10-13-8-6-5-7-9-13;2*1-9(8-11)7-10-5-3-2-4-6-10/h2*4-11,14-15H,1H2,2-3H3;2*2-8H,1H3/b2*12-10+;2*9-7+/t11-,14+;11-,14-;;/m01../s1. The van der Waals surface area contributed by atoms with E-state index in [2.05, 4.69) is 13.2 Å². The number of aliphatic hydroxyl groups excluding tert-OH is 2. The molecule has 0 radical (unpaired) electrons. The highest BCUT2D eigenvalue weighted by Gasteiger charge is 2.13. The molecular weight excluding hydrogens is 641 g/mol. The van der Waals surface area contributed by atoms with Gasteiger partial charge in [-0.1, -0.05) is 159 Å². The first-order valence-corrected chi connectivity index (χ1v) is 17.4. The summed E-state index contributed by atoms with van der Waals surface area (Å²) in [7, 11) is 0. The molecule has 0 amide bonds. The van der Waals surface area contributed by atoms with E-state index in [0.717, 1.165) is 57.1 Å². The van der Waals surface area contributed by atoms with Crippen LogP contribution in [0, 0.1) is 11.8 Å². The van der Waals surface area contributed by atoms with E-state index in [9.17, 15) is 19.8 Å². The van der Waals surface area contributed by atoms with E-state index in [4.69, 9.17) is 0 Å². The lowest BCUT2D eigenvalue weighted by Crippen LogP contribution is -2.16. The van der Waals surface area contributed by atoms with Crippen LogP contribution in [-0.4, -0.2) is 35.0 Å². The summed E-state index contributed by atoms with van der Waals surface area (Å²) < 4.78 is 0. The molecule has 0 spiro atoms. The molecule has 2 N–H and O–H groups in total. The molecular formula is C48H56O4. The minimum absolute atomic E-state index is 0.0879. The maximum absolute atomic E-state index is 10.2. The first kappa shape index (κ1) is 44.6. The van der Waals surface area contributed by atoms with Gasteiger partial charge in [0.1, 0.15) is 12.6 Å². The predicted molar refractivity (Wildman–Crippen MR) is 223 cm³/mol. The number of hydrogen-bond donors (Lipinski definition) is 2. The Labute approximate surface area is 312 Å². The normalized spacial score (nSPS) is 13.8. The van der Waals surface area contributed by atoms with Gasteiger partial charge in [-0.15, -0.1) is 13.2 Å². The zero-order valence-corrected chi connectivity index (χ0v) is 31.6. The fraction of sp³-hybridized carbons (Fsp3) is 0.208. The molecule has 0 aliphatic rings. The lowest BCUT2D eigenvalue weighted by Gasteiger charge is -2.15. The number of hydrogen-bond acceptors (Lipinski definition) is 4. The van der Waals surface area contributed by atoms with Gasteiger partial charge in [-0.25, -0.2) is 0 Å². The van der Waals surface area contributed by atoms with Gasteiger partial charge in [0.2, 0.25) is 0 Å². The van der Waals surface area contributed by atoms with Crippen LogP contribution in [0.1, 0.15) is 63.8 Å². The highest BCUT2D eigenvalue weighted by atomic mass is 16.3. The summed E-state index contributed by atoms with van der Waals surface area (Å²) in [6.45, 7) is 18.8. The van der Waals surface area contributed by atoms with Crippen molar-refractivity contribution < 1.29 is 19.8 Å². The van der Waals surface area contributed by atoms with Crippen molar-refractivity contribution in [1.29, 1.82) is 0 Å². The molecule has 0 heterocycles. The summed E-state index contributed by atoms with van der Waals surface area (Å²) in [4.78, 5) is 20.5. The van der Waals surface area contributed by atoms with Gasteiger partial charge in [0.25, 0.3) is 0 Å². The first-order valence-electron chi connectivity index (χ1n) is 17.4. The van der Waals surface area contributed by atoms with Gasteiger partial charge in [-0.3, -0.25) is 9.59 Å². The van der Waals surface area contributed by atoms with Gasteiger partial charge in [-0.2, -0.15) is 0 Å². The number of benzene rings is 4. The van der Waals surface area contributed by atoms with Crippen molar-refractivity contribution in [2.75, 3.05) is 0 Å². The van der Waals surface area contributed by atoms with E-state index in [1.54, 1.807) is 26.0 Å². The molecule has 0 bridgehead atoms. The van der Waals surface area contributed by atoms with Gasteiger partial charge in [0, 0.05) is 11.8 Å². The molecule has 0 fully saturated rings. The summed E-state index contributed by atoms with van der Waals surface area (Å²) in [5.74, 6) is 0.176.